The Kier molecular flexibility index (Phi) is 12.7. The van der Waals surface area contributed by atoms with Crippen LogP contribution < -0.4 is 28.5 Å². The summed E-state index contributed by atoms with van der Waals surface area (Å²) in [6.07, 6.45) is 16.1. The molecule has 34 heavy (non-hydrogen) atoms. The summed E-state index contributed by atoms with van der Waals surface area (Å²) in [7, 11) is 2.13. The number of aromatic nitrogens is 2. The van der Waals surface area contributed by atoms with Gasteiger partial charge in [0.25, 0.3) is 0 Å². The van der Waals surface area contributed by atoms with Crippen molar-refractivity contribution in [1.29, 1.82) is 0 Å². The number of halogens is 2. The minimum atomic E-state index is 0. The van der Waals surface area contributed by atoms with Crippen LogP contribution in [0.25, 0.3) is 21.8 Å². The maximum absolute atomic E-state index is 4.51. The standard InChI is InChI=1S/C30H37N2.2HI/c1-24(26-20-22-31-29-18-12-10-17-28(26)29)14-8-6-4-3-5-7-9-15-25-21-23-32(2)30-19-13-11-16-27(25)30;;/h10-13,16-24H,3-9,14-15H2,1-2H3;2*1H/q+1;;/p-1. The molecule has 2 heterocycles. The Labute approximate surface area is 239 Å². The number of rotatable bonds is 11. The van der Waals surface area contributed by atoms with Gasteiger partial charge in [0.1, 0.15) is 7.05 Å². The van der Waals surface area contributed by atoms with Gasteiger partial charge >= 0.3 is 0 Å². The molecule has 1 atom stereocenters. The summed E-state index contributed by atoms with van der Waals surface area (Å²) in [5.74, 6) is 0.602. The predicted molar refractivity (Wildman–Crippen MR) is 151 cm³/mol. The van der Waals surface area contributed by atoms with E-state index in [1.165, 1.54) is 85.2 Å². The number of para-hydroxylation sites is 2. The Hall–Kier alpha value is -1.28. The second-order valence-electron chi connectivity index (χ2n) is 9.30. The molecule has 2 aromatic heterocycles. The van der Waals surface area contributed by atoms with Crippen molar-refractivity contribution in [3.8, 4) is 0 Å². The molecule has 4 aromatic rings. The Balaban J connectivity index is 0.00000204. The van der Waals surface area contributed by atoms with Gasteiger partial charge in [0, 0.05) is 29.1 Å². The highest BCUT2D eigenvalue weighted by atomic mass is 127. The van der Waals surface area contributed by atoms with Crippen LogP contribution in [0.2, 0.25) is 0 Å². The monoisotopic (exact) mass is 680 g/mol. The van der Waals surface area contributed by atoms with E-state index in [0.717, 1.165) is 5.52 Å². The lowest BCUT2D eigenvalue weighted by molar-refractivity contribution is -0.644. The summed E-state index contributed by atoms with van der Waals surface area (Å²) < 4.78 is 2.22. The van der Waals surface area contributed by atoms with Gasteiger partial charge in [-0.3, -0.25) is 4.98 Å². The van der Waals surface area contributed by atoms with Crippen LogP contribution in [0.5, 0.6) is 0 Å². The molecule has 1 unspecified atom stereocenters. The maximum atomic E-state index is 4.51. The summed E-state index contributed by atoms with van der Waals surface area (Å²) in [4.78, 5) is 4.51. The van der Waals surface area contributed by atoms with Crippen LogP contribution in [0.4, 0.5) is 0 Å². The van der Waals surface area contributed by atoms with Gasteiger partial charge in [-0.25, -0.2) is 4.57 Å². The average Bonchev–Trinajstić information content (AvgIpc) is 2.84. The average molecular weight is 680 g/mol. The Bertz CT molecular complexity index is 1150. The van der Waals surface area contributed by atoms with Crippen molar-refractivity contribution in [2.75, 3.05) is 0 Å². The van der Waals surface area contributed by atoms with E-state index in [0.29, 0.717) is 5.92 Å². The van der Waals surface area contributed by atoms with Crippen LogP contribution in [0.3, 0.4) is 0 Å². The van der Waals surface area contributed by atoms with Gasteiger partial charge in [-0.05, 0) is 54.5 Å². The third kappa shape index (κ3) is 7.61. The summed E-state index contributed by atoms with van der Waals surface area (Å²) in [5, 5.41) is 2.73. The van der Waals surface area contributed by atoms with Crippen molar-refractivity contribution in [2.24, 2.45) is 7.05 Å². The van der Waals surface area contributed by atoms with Gasteiger partial charge in [-0.15, -0.1) is 24.0 Å². The fraction of sp³-hybridized carbons (Fsp3) is 0.400. The SMILES string of the molecule is CC(CCCCCCCCCc1cc[n+](C)c2ccccc12)c1ccnc2ccccc12.I.[I-]. The Morgan fingerprint density at radius 2 is 1.41 bits per heavy atom. The number of benzene rings is 2. The number of hydrogen-bond donors (Lipinski definition) is 0. The van der Waals surface area contributed by atoms with Crippen molar-refractivity contribution in [1.82, 2.24) is 4.98 Å². The van der Waals surface area contributed by atoms with Crippen molar-refractivity contribution >= 4 is 45.8 Å². The number of unbranched alkanes of at least 4 members (excludes halogenated alkanes) is 6. The lowest BCUT2D eigenvalue weighted by Gasteiger charge is -2.14. The molecule has 0 spiro atoms. The number of pyridine rings is 2. The first-order chi connectivity index (χ1) is 15.7. The van der Waals surface area contributed by atoms with Gasteiger partial charge in [-0.2, -0.15) is 0 Å². The molecule has 0 amide bonds. The molecule has 0 saturated heterocycles. The highest BCUT2D eigenvalue weighted by Gasteiger charge is 2.10. The molecule has 0 aliphatic rings. The summed E-state index contributed by atoms with van der Waals surface area (Å²) in [6.45, 7) is 2.37. The molecule has 0 saturated carbocycles. The van der Waals surface area contributed by atoms with Crippen LogP contribution in [0.1, 0.15) is 75.3 Å². The molecule has 0 aliphatic carbocycles. The molecule has 0 N–H and O–H groups in total. The molecular formula is C30H38I2N2. The summed E-state index contributed by atoms with van der Waals surface area (Å²) >= 11 is 0. The van der Waals surface area contributed by atoms with Gasteiger partial charge in [0.15, 0.2) is 6.20 Å². The minimum Gasteiger partial charge on any atom is -1.00 e. The van der Waals surface area contributed by atoms with E-state index in [2.05, 4.69) is 90.4 Å². The smallest absolute Gasteiger partial charge is 0.212 e. The van der Waals surface area contributed by atoms with E-state index in [4.69, 9.17) is 0 Å². The van der Waals surface area contributed by atoms with Crippen molar-refractivity contribution in [3.05, 3.63) is 84.2 Å². The maximum Gasteiger partial charge on any atom is 0.212 e. The fourth-order valence-corrected chi connectivity index (χ4v) is 5.00. The Morgan fingerprint density at radius 1 is 0.765 bits per heavy atom. The molecule has 4 rings (SSSR count). The minimum absolute atomic E-state index is 0. The fourth-order valence-electron chi connectivity index (χ4n) is 5.00. The molecule has 2 nitrogen and oxygen atoms in total. The zero-order chi connectivity index (χ0) is 22.2. The first-order valence-corrected chi connectivity index (χ1v) is 12.4. The zero-order valence-electron chi connectivity index (χ0n) is 20.6. The summed E-state index contributed by atoms with van der Waals surface area (Å²) in [6, 6.07) is 21.8. The molecule has 182 valence electrons. The van der Waals surface area contributed by atoms with Gasteiger partial charge < -0.3 is 24.0 Å². The van der Waals surface area contributed by atoms with Crippen molar-refractivity contribution < 1.29 is 28.5 Å². The zero-order valence-corrected chi connectivity index (χ0v) is 25.0. The van der Waals surface area contributed by atoms with Gasteiger partial charge in [0.05, 0.1) is 5.52 Å². The molecule has 2 aromatic carbocycles. The topological polar surface area (TPSA) is 16.8 Å². The lowest BCUT2D eigenvalue weighted by atomic mass is 9.92. The van der Waals surface area contributed by atoms with Gasteiger partial charge in [0.2, 0.25) is 5.52 Å². The molecule has 0 radical (unpaired) electrons. The second-order valence-corrected chi connectivity index (χ2v) is 9.30. The van der Waals surface area contributed by atoms with Gasteiger partial charge in [-0.1, -0.05) is 75.8 Å². The van der Waals surface area contributed by atoms with E-state index < -0.39 is 0 Å². The highest BCUT2D eigenvalue weighted by molar-refractivity contribution is 14.0. The number of aryl methyl sites for hydroxylation is 2. The lowest BCUT2D eigenvalue weighted by Crippen LogP contribution is -3.00. The van der Waals surface area contributed by atoms with E-state index in [1.54, 1.807) is 0 Å². The van der Waals surface area contributed by atoms with Crippen LogP contribution >= 0.6 is 24.0 Å². The van der Waals surface area contributed by atoms with Crippen LogP contribution in [0.15, 0.2) is 73.1 Å². The third-order valence-corrected chi connectivity index (χ3v) is 6.93. The largest absolute Gasteiger partial charge is 1.00 e. The number of hydrogen-bond acceptors (Lipinski definition) is 1. The van der Waals surface area contributed by atoms with E-state index in [1.807, 2.05) is 6.20 Å². The molecule has 4 heteroatoms. The van der Waals surface area contributed by atoms with E-state index in [-0.39, 0.29) is 48.0 Å². The quantitative estimate of drug-likeness (QED) is 0.120. The third-order valence-electron chi connectivity index (χ3n) is 6.93. The van der Waals surface area contributed by atoms with E-state index in [9.17, 15) is 0 Å². The number of fused-ring (bicyclic) bond motifs is 2. The van der Waals surface area contributed by atoms with Crippen molar-refractivity contribution in [2.45, 2.75) is 70.6 Å². The van der Waals surface area contributed by atoms with Crippen LogP contribution in [-0.2, 0) is 13.5 Å². The Morgan fingerprint density at radius 3 is 2.21 bits per heavy atom. The molecule has 0 fully saturated rings. The molecule has 0 bridgehead atoms. The van der Waals surface area contributed by atoms with Crippen molar-refractivity contribution in [3.63, 3.8) is 0 Å². The first-order valence-electron chi connectivity index (χ1n) is 12.4. The summed E-state index contributed by atoms with van der Waals surface area (Å²) in [5.41, 5.74) is 5.40. The second kappa shape index (κ2) is 15.0. The highest BCUT2D eigenvalue weighted by Crippen LogP contribution is 2.28. The number of nitrogens with zero attached hydrogens (tertiary/aromatic N) is 2. The van der Waals surface area contributed by atoms with Crippen LogP contribution in [-0.4, -0.2) is 4.98 Å². The molecule has 0 aliphatic heterocycles. The van der Waals surface area contributed by atoms with Crippen LogP contribution in [0, 0.1) is 0 Å². The molecular weight excluding hydrogens is 642 g/mol. The first kappa shape index (κ1) is 29.0. The predicted octanol–water partition coefficient (Wildman–Crippen LogP) is 5.30. The normalized spacial score (nSPS) is 11.7. The van der Waals surface area contributed by atoms with E-state index >= 15 is 0 Å².